The molecule has 7 heteroatoms. The van der Waals surface area contributed by atoms with E-state index in [1.807, 2.05) is 4.90 Å². The Kier molecular flexibility index (Phi) is 6.20. The number of hydrogen-bond donors (Lipinski definition) is 0. The highest BCUT2D eigenvalue weighted by molar-refractivity contribution is 5.94. The number of rotatable bonds is 5. The smallest absolute Gasteiger partial charge is 0.387 e. The van der Waals surface area contributed by atoms with Gasteiger partial charge in [-0.25, -0.2) is 0 Å². The number of benzene rings is 1. The zero-order valence-corrected chi connectivity index (χ0v) is 14.2. The summed E-state index contributed by atoms with van der Waals surface area (Å²) in [5.41, 5.74) is 0.395. The van der Waals surface area contributed by atoms with Crippen LogP contribution in [0.5, 0.6) is 5.75 Å². The molecule has 0 bridgehead atoms. The minimum absolute atomic E-state index is 0.0163. The number of likely N-dealkylation sites (tertiary alicyclic amines) is 1. The molecule has 25 heavy (non-hydrogen) atoms. The molecule has 3 rings (SSSR count). The van der Waals surface area contributed by atoms with Crippen LogP contribution < -0.4 is 4.74 Å². The Hall–Kier alpha value is -1.73. The molecule has 1 aromatic rings. The van der Waals surface area contributed by atoms with Crippen LogP contribution >= 0.6 is 0 Å². The van der Waals surface area contributed by atoms with E-state index in [0.717, 1.165) is 52.1 Å². The Morgan fingerprint density at radius 2 is 2.04 bits per heavy atom. The molecule has 1 aromatic carbocycles. The van der Waals surface area contributed by atoms with Crippen LogP contribution in [-0.4, -0.2) is 67.8 Å². The molecule has 2 aliphatic heterocycles. The quantitative estimate of drug-likeness (QED) is 0.815. The van der Waals surface area contributed by atoms with Crippen molar-refractivity contribution in [3.8, 4) is 5.75 Å². The van der Waals surface area contributed by atoms with Crippen LogP contribution in [0, 0.1) is 0 Å². The molecule has 0 N–H and O–H groups in total. The van der Waals surface area contributed by atoms with Gasteiger partial charge in [0.25, 0.3) is 5.91 Å². The van der Waals surface area contributed by atoms with Gasteiger partial charge in [0.1, 0.15) is 5.75 Å². The van der Waals surface area contributed by atoms with Crippen molar-refractivity contribution in [1.29, 1.82) is 0 Å². The Morgan fingerprint density at radius 1 is 1.24 bits per heavy atom. The van der Waals surface area contributed by atoms with Crippen LogP contribution in [0.1, 0.15) is 29.6 Å². The van der Waals surface area contributed by atoms with E-state index in [1.54, 1.807) is 12.1 Å². The van der Waals surface area contributed by atoms with Gasteiger partial charge in [0.05, 0.1) is 13.2 Å². The molecule has 1 atom stereocenters. The van der Waals surface area contributed by atoms with Crippen LogP contribution in [0.15, 0.2) is 24.3 Å². The van der Waals surface area contributed by atoms with Crippen molar-refractivity contribution in [2.24, 2.45) is 0 Å². The predicted molar refractivity (Wildman–Crippen MR) is 89.0 cm³/mol. The van der Waals surface area contributed by atoms with E-state index in [1.165, 1.54) is 12.1 Å². The summed E-state index contributed by atoms with van der Waals surface area (Å²) in [5, 5.41) is 0. The normalized spacial score (nSPS) is 22.2. The van der Waals surface area contributed by atoms with E-state index >= 15 is 0 Å². The van der Waals surface area contributed by atoms with Crippen molar-refractivity contribution in [3.63, 3.8) is 0 Å². The van der Waals surface area contributed by atoms with E-state index < -0.39 is 6.61 Å². The average Bonchev–Trinajstić information content (AvgIpc) is 2.62. The van der Waals surface area contributed by atoms with E-state index in [4.69, 9.17) is 4.74 Å². The number of piperidine rings is 1. The number of alkyl halides is 2. The molecular weight excluding hydrogens is 330 g/mol. The van der Waals surface area contributed by atoms with E-state index in [9.17, 15) is 13.6 Å². The number of carbonyl (C=O) groups is 1. The summed E-state index contributed by atoms with van der Waals surface area (Å²) in [7, 11) is 0. The molecule has 0 aromatic heterocycles. The molecule has 2 heterocycles. The van der Waals surface area contributed by atoms with Gasteiger partial charge in [0.15, 0.2) is 0 Å². The van der Waals surface area contributed by atoms with Crippen LogP contribution in [0.25, 0.3) is 0 Å². The van der Waals surface area contributed by atoms with Gasteiger partial charge < -0.3 is 14.4 Å². The first-order chi connectivity index (χ1) is 12.1. The maximum Gasteiger partial charge on any atom is 0.387 e. The summed E-state index contributed by atoms with van der Waals surface area (Å²) in [6, 6.07) is 6.21. The molecule has 0 saturated carbocycles. The monoisotopic (exact) mass is 354 g/mol. The van der Waals surface area contributed by atoms with Crippen molar-refractivity contribution in [2.75, 3.05) is 39.4 Å². The maximum atomic E-state index is 12.9. The fourth-order valence-electron chi connectivity index (χ4n) is 3.51. The highest BCUT2D eigenvalue weighted by Crippen LogP contribution is 2.23. The number of nitrogens with zero attached hydrogens (tertiary/aromatic N) is 2. The summed E-state index contributed by atoms with van der Waals surface area (Å²) >= 11 is 0. The molecule has 0 unspecified atom stereocenters. The molecule has 2 fully saturated rings. The lowest BCUT2D eigenvalue weighted by atomic mass is 10.00. The minimum Gasteiger partial charge on any atom is -0.435 e. The highest BCUT2D eigenvalue weighted by atomic mass is 19.3. The summed E-state index contributed by atoms with van der Waals surface area (Å²) in [6.45, 7) is 1.87. The van der Waals surface area contributed by atoms with Crippen molar-refractivity contribution in [2.45, 2.75) is 31.9 Å². The van der Waals surface area contributed by atoms with Crippen molar-refractivity contribution >= 4 is 5.91 Å². The Labute approximate surface area is 146 Å². The van der Waals surface area contributed by atoms with Crippen LogP contribution in [0.4, 0.5) is 8.78 Å². The zero-order valence-electron chi connectivity index (χ0n) is 14.2. The van der Waals surface area contributed by atoms with Gasteiger partial charge in [-0.05, 0) is 37.5 Å². The number of morpholine rings is 1. The highest BCUT2D eigenvalue weighted by Gasteiger charge is 2.29. The summed E-state index contributed by atoms with van der Waals surface area (Å²) in [4.78, 5) is 17.1. The van der Waals surface area contributed by atoms with Gasteiger partial charge in [0.2, 0.25) is 0 Å². The van der Waals surface area contributed by atoms with Crippen molar-refractivity contribution < 1.29 is 23.0 Å². The molecule has 0 aliphatic carbocycles. The topological polar surface area (TPSA) is 42.0 Å². The third kappa shape index (κ3) is 4.89. The largest absolute Gasteiger partial charge is 0.435 e. The fraction of sp³-hybridized carbons (Fsp3) is 0.611. The summed E-state index contributed by atoms with van der Waals surface area (Å²) in [5.74, 6) is -0.0970. The SMILES string of the molecule is O=C(c1cccc(OC(F)F)c1)N1CCCC[C@H]1CN1CCOCC1. The Bertz CT molecular complexity index is 579. The first kappa shape index (κ1) is 18.1. The van der Waals surface area contributed by atoms with Gasteiger partial charge in [-0.3, -0.25) is 9.69 Å². The number of carbonyl (C=O) groups excluding carboxylic acids is 1. The van der Waals surface area contributed by atoms with E-state index in [0.29, 0.717) is 12.1 Å². The third-order valence-corrected chi connectivity index (χ3v) is 4.77. The molecule has 0 spiro atoms. The standard InChI is InChI=1S/C18H24F2N2O3/c19-18(20)25-16-6-3-4-14(12-16)17(23)22-7-2-1-5-15(22)13-21-8-10-24-11-9-21/h3-4,6,12,15,18H,1-2,5,7-11,13H2/t15-/m0/s1. The molecule has 2 saturated heterocycles. The molecular formula is C18H24F2N2O3. The molecule has 1 amide bonds. The first-order valence-corrected chi connectivity index (χ1v) is 8.79. The minimum atomic E-state index is -2.89. The molecule has 5 nitrogen and oxygen atoms in total. The molecule has 2 aliphatic rings. The molecule has 138 valence electrons. The lowest BCUT2D eigenvalue weighted by Crippen LogP contribution is -2.51. The van der Waals surface area contributed by atoms with Crippen LogP contribution in [0.2, 0.25) is 0 Å². The number of amides is 1. The van der Waals surface area contributed by atoms with E-state index in [2.05, 4.69) is 9.64 Å². The van der Waals surface area contributed by atoms with Gasteiger partial charge in [-0.15, -0.1) is 0 Å². The third-order valence-electron chi connectivity index (χ3n) is 4.77. The van der Waals surface area contributed by atoms with Crippen molar-refractivity contribution in [3.05, 3.63) is 29.8 Å². The van der Waals surface area contributed by atoms with E-state index in [-0.39, 0.29) is 17.7 Å². The summed E-state index contributed by atoms with van der Waals surface area (Å²) in [6.07, 6.45) is 3.04. The van der Waals surface area contributed by atoms with Gasteiger partial charge in [-0.2, -0.15) is 8.78 Å². The maximum absolute atomic E-state index is 12.9. The Balaban J connectivity index is 1.69. The second kappa shape index (κ2) is 8.58. The Morgan fingerprint density at radius 3 is 2.80 bits per heavy atom. The van der Waals surface area contributed by atoms with Gasteiger partial charge in [0, 0.05) is 37.8 Å². The first-order valence-electron chi connectivity index (χ1n) is 8.79. The van der Waals surface area contributed by atoms with Crippen LogP contribution in [0.3, 0.4) is 0 Å². The number of halogens is 2. The lowest BCUT2D eigenvalue weighted by molar-refractivity contribution is -0.0499. The van der Waals surface area contributed by atoms with Crippen LogP contribution in [-0.2, 0) is 4.74 Å². The average molecular weight is 354 g/mol. The second-order valence-electron chi connectivity index (χ2n) is 6.47. The summed E-state index contributed by atoms with van der Waals surface area (Å²) < 4.78 is 34.6. The van der Waals surface area contributed by atoms with Crippen molar-refractivity contribution in [1.82, 2.24) is 9.80 Å². The lowest BCUT2D eigenvalue weighted by Gasteiger charge is -2.39. The molecule has 0 radical (unpaired) electrons. The number of ether oxygens (including phenoxy) is 2. The van der Waals surface area contributed by atoms with Gasteiger partial charge in [-0.1, -0.05) is 6.07 Å². The second-order valence-corrected chi connectivity index (χ2v) is 6.47. The van der Waals surface area contributed by atoms with Gasteiger partial charge >= 0.3 is 6.61 Å². The zero-order chi connectivity index (χ0) is 17.6. The predicted octanol–water partition coefficient (Wildman–Crippen LogP) is 2.61. The number of hydrogen-bond acceptors (Lipinski definition) is 4. The fourth-order valence-corrected chi connectivity index (χ4v) is 3.51.